The Morgan fingerprint density at radius 1 is 1.17 bits per heavy atom. The van der Waals surface area contributed by atoms with Gasteiger partial charge in [0.2, 0.25) is 0 Å². The van der Waals surface area contributed by atoms with E-state index in [1.807, 2.05) is 0 Å². The molecule has 0 radical (unpaired) electrons. The first-order chi connectivity index (χ1) is 5.57. The summed E-state index contributed by atoms with van der Waals surface area (Å²) in [5.41, 5.74) is 10.5. The fourth-order valence-electron chi connectivity index (χ4n) is 1.16. The third kappa shape index (κ3) is 1.58. The van der Waals surface area contributed by atoms with Crippen molar-refractivity contribution in [3.05, 3.63) is 0 Å². The van der Waals surface area contributed by atoms with Gasteiger partial charge in [-0.05, 0) is 0 Å². The molecule has 0 unspecified atom stereocenters. The molecule has 1 saturated heterocycles. The van der Waals surface area contributed by atoms with Crippen molar-refractivity contribution < 1.29 is 20.1 Å². The van der Waals surface area contributed by atoms with Gasteiger partial charge in [0.25, 0.3) is 0 Å². The first kappa shape index (κ1) is 9.85. The fourth-order valence-corrected chi connectivity index (χ4v) is 1.16. The van der Waals surface area contributed by atoms with E-state index < -0.39 is 30.6 Å². The number of aliphatic hydroxyl groups excluding tert-OH is 3. The maximum absolute atomic E-state index is 9.28. The van der Waals surface area contributed by atoms with Crippen LogP contribution in [-0.4, -0.2) is 52.5 Å². The number of ether oxygens (including phenoxy) is 1. The Balaban J connectivity index is 2.63. The highest BCUT2D eigenvalue weighted by atomic mass is 16.6. The molecule has 0 spiro atoms. The van der Waals surface area contributed by atoms with E-state index in [2.05, 4.69) is 0 Å². The standard InChI is InChI=1S/C6H14N2O4/c7-1-2-4(9)5(10)3(8)6(11)12-2/h2-6,9-11H,1,7-8H2/t2-,3+,4-,5-,6-/m0/s1. The number of rotatable bonds is 1. The number of nitrogens with two attached hydrogens (primary N) is 2. The molecule has 12 heavy (non-hydrogen) atoms. The highest BCUT2D eigenvalue weighted by molar-refractivity contribution is 4.91. The zero-order valence-corrected chi connectivity index (χ0v) is 6.50. The van der Waals surface area contributed by atoms with Gasteiger partial charge in [-0.25, -0.2) is 0 Å². The number of aliphatic hydroxyl groups is 3. The van der Waals surface area contributed by atoms with Crippen LogP contribution in [0.5, 0.6) is 0 Å². The van der Waals surface area contributed by atoms with Crippen molar-refractivity contribution in [2.75, 3.05) is 6.54 Å². The smallest absolute Gasteiger partial charge is 0.172 e. The summed E-state index contributed by atoms with van der Waals surface area (Å²) in [5.74, 6) is 0. The first-order valence-corrected chi connectivity index (χ1v) is 3.73. The minimum Gasteiger partial charge on any atom is -0.388 e. The van der Waals surface area contributed by atoms with Crippen molar-refractivity contribution in [3.63, 3.8) is 0 Å². The molecule has 72 valence electrons. The molecular formula is C6H14N2O4. The predicted molar refractivity (Wildman–Crippen MR) is 39.9 cm³/mol. The molecule has 5 atom stereocenters. The monoisotopic (exact) mass is 178 g/mol. The Bertz CT molecular complexity index is 152. The zero-order valence-electron chi connectivity index (χ0n) is 6.50. The quantitative estimate of drug-likeness (QED) is 0.287. The molecule has 0 aromatic rings. The van der Waals surface area contributed by atoms with Crippen molar-refractivity contribution >= 4 is 0 Å². The Labute approximate surface area is 69.7 Å². The van der Waals surface area contributed by atoms with Crippen LogP contribution in [0.25, 0.3) is 0 Å². The summed E-state index contributed by atoms with van der Waals surface area (Å²) in [6, 6.07) is -0.984. The number of hydrogen-bond acceptors (Lipinski definition) is 6. The van der Waals surface area contributed by atoms with Crippen molar-refractivity contribution in [1.29, 1.82) is 0 Å². The lowest BCUT2D eigenvalue weighted by Crippen LogP contribution is -2.62. The maximum atomic E-state index is 9.28. The lowest BCUT2D eigenvalue weighted by Gasteiger charge is -2.38. The van der Waals surface area contributed by atoms with Gasteiger partial charge in [-0.3, -0.25) is 0 Å². The van der Waals surface area contributed by atoms with E-state index in [9.17, 15) is 10.2 Å². The third-order valence-electron chi connectivity index (χ3n) is 2.00. The molecule has 0 saturated carbocycles. The largest absolute Gasteiger partial charge is 0.388 e. The molecule has 7 N–H and O–H groups in total. The summed E-state index contributed by atoms with van der Waals surface area (Å²) in [4.78, 5) is 0. The Kier molecular flexibility index (Phi) is 2.99. The van der Waals surface area contributed by atoms with Crippen LogP contribution in [0.2, 0.25) is 0 Å². The van der Waals surface area contributed by atoms with E-state index in [-0.39, 0.29) is 6.54 Å². The molecule has 0 amide bonds. The summed E-state index contributed by atoms with van der Waals surface area (Å²) in [7, 11) is 0. The number of hydrogen-bond donors (Lipinski definition) is 5. The molecule has 1 aliphatic rings. The molecule has 1 fully saturated rings. The average molecular weight is 178 g/mol. The van der Waals surface area contributed by atoms with Gasteiger partial charge in [0.1, 0.15) is 18.3 Å². The van der Waals surface area contributed by atoms with E-state index >= 15 is 0 Å². The molecule has 1 rings (SSSR count). The van der Waals surface area contributed by atoms with Gasteiger partial charge >= 0.3 is 0 Å². The van der Waals surface area contributed by atoms with Crippen LogP contribution >= 0.6 is 0 Å². The lowest BCUT2D eigenvalue weighted by atomic mass is 9.98. The Hall–Kier alpha value is -0.240. The van der Waals surface area contributed by atoms with Crippen molar-refractivity contribution in [3.8, 4) is 0 Å². The summed E-state index contributed by atoms with van der Waals surface area (Å²) in [6.45, 7) is 0.0298. The van der Waals surface area contributed by atoms with Gasteiger partial charge in [0.05, 0.1) is 6.04 Å². The van der Waals surface area contributed by atoms with Crippen molar-refractivity contribution in [1.82, 2.24) is 0 Å². The van der Waals surface area contributed by atoms with Crippen LogP contribution in [0, 0.1) is 0 Å². The fraction of sp³-hybridized carbons (Fsp3) is 1.00. The highest BCUT2D eigenvalue weighted by Gasteiger charge is 2.41. The Morgan fingerprint density at radius 3 is 2.25 bits per heavy atom. The molecule has 1 heterocycles. The molecular weight excluding hydrogens is 164 g/mol. The van der Waals surface area contributed by atoms with Crippen LogP contribution in [-0.2, 0) is 4.74 Å². The van der Waals surface area contributed by atoms with Crippen LogP contribution in [0.1, 0.15) is 0 Å². The first-order valence-electron chi connectivity index (χ1n) is 3.73. The molecule has 6 nitrogen and oxygen atoms in total. The molecule has 6 heteroatoms. The highest BCUT2D eigenvalue weighted by Crippen LogP contribution is 2.17. The minimum absolute atomic E-state index is 0.0298. The normalized spacial score (nSPS) is 49.2. The Morgan fingerprint density at radius 2 is 1.75 bits per heavy atom. The summed E-state index contributed by atoms with van der Waals surface area (Å²) >= 11 is 0. The topological polar surface area (TPSA) is 122 Å². The average Bonchev–Trinajstić information content (AvgIpc) is 2.08. The van der Waals surface area contributed by atoms with Gasteiger partial charge < -0.3 is 31.5 Å². The summed E-state index contributed by atoms with van der Waals surface area (Å²) < 4.78 is 4.83. The van der Waals surface area contributed by atoms with E-state index in [4.69, 9.17) is 21.3 Å². The minimum atomic E-state index is -1.27. The third-order valence-corrected chi connectivity index (χ3v) is 2.00. The molecule has 0 bridgehead atoms. The molecule has 0 aliphatic carbocycles. The second-order valence-corrected chi connectivity index (χ2v) is 2.86. The van der Waals surface area contributed by atoms with Crippen LogP contribution < -0.4 is 11.5 Å². The second kappa shape index (κ2) is 3.65. The van der Waals surface area contributed by atoms with Gasteiger partial charge in [-0.15, -0.1) is 0 Å². The molecule has 1 aliphatic heterocycles. The summed E-state index contributed by atoms with van der Waals surface area (Å²) in [6.07, 6.45) is -4.34. The van der Waals surface area contributed by atoms with Gasteiger partial charge in [-0.1, -0.05) is 0 Å². The maximum Gasteiger partial charge on any atom is 0.172 e. The molecule has 0 aromatic heterocycles. The van der Waals surface area contributed by atoms with Crippen molar-refractivity contribution in [2.24, 2.45) is 11.5 Å². The van der Waals surface area contributed by atoms with Crippen LogP contribution in [0.15, 0.2) is 0 Å². The second-order valence-electron chi connectivity index (χ2n) is 2.86. The van der Waals surface area contributed by atoms with Gasteiger partial charge in [0, 0.05) is 6.54 Å². The summed E-state index contributed by atoms with van der Waals surface area (Å²) in [5, 5.41) is 27.6. The van der Waals surface area contributed by atoms with E-state index in [0.29, 0.717) is 0 Å². The van der Waals surface area contributed by atoms with Crippen LogP contribution in [0.3, 0.4) is 0 Å². The van der Waals surface area contributed by atoms with E-state index in [1.54, 1.807) is 0 Å². The van der Waals surface area contributed by atoms with Gasteiger partial charge in [-0.2, -0.15) is 0 Å². The van der Waals surface area contributed by atoms with Crippen LogP contribution in [0.4, 0.5) is 0 Å². The molecule has 0 aromatic carbocycles. The van der Waals surface area contributed by atoms with Gasteiger partial charge in [0.15, 0.2) is 6.29 Å². The lowest BCUT2D eigenvalue weighted by molar-refractivity contribution is -0.238. The predicted octanol–water partition coefficient (Wildman–Crippen LogP) is -3.29. The SMILES string of the molecule is NC[C@@H]1O[C@H](O)[C@H](N)[C@H](O)[C@H]1O. The van der Waals surface area contributed by atoms with E-state index in [0.717, 1.165) is 0 Å². The van der Waals surface area contributed by atoms with Crippen molar-refractivity contribution in [2.45, 2.75) is 30.6 Å². The van der Waals surface area contributed by atoms with E-state index in [1.165, 1.54) is 0 Å². The zero-order chi connectivity index (χ0) is 9.30.